The number of piperidine rings is 1. The number of benzene rings is 1. The molecule has 10 heteroatoms. The van der Waals surface area contributed by atoms with Gasteiger partial charge in [0.15, 0.2) is 17.4 Å². The molecule has 1 saturated heterocycles. The molecular weight excluding hydrogens is 444 g/mol. The second-order valence-corrected chi connectivity index (χ2v) is 7.60. The molecule has 1 N–H and O–H groups in total. The van der Waals surface area contributed by atoms with Gasteiger partial charge in [-0.2, -0.15) is 5.26 Å². The molecule has 2 aromatic heterocycles. The van der Waals surface area contributed by atoms with E-state index in [0.717, 1.165) is 12.1 Å². The molecule has 1 aliphatic rings. The number of methoxy groups -OCH3 is 1. The Hall–Kier alpha value is -4.26. The molecule has 34 heavy (non-hydrogen) atoms. The van der Waals surface area contributed by atoms with Crippen LogP contribution in [-0.4, -0.2) is 42.2 Å². The number of rotatable bonds is 6. The second-order valence-electron chi connectivity index (χ2n) is 7.60. The van der Waals surface area contributed by atoms with Gasteiger partial charge in [0.1, 0.15) is 23.6 Å². The number of halogens is 2. The molecule has 174 valence electrons. The van der Waals surface area contributed by atoms with E-state index in [1.807, 2.05) is 11.0 Å². The van der Waals surface area contributed by atoms with Crippen LogP contribution in [0.3, 0.4) is 0 Å². The van der Waals surface area contributed by atoms with Crippen molar-refractivity contribution in [2.45, 2.75) is 18.9 Å². The summed E-state index contributed by atoms with van der Waals surface area (Å²) in [5, 5.41) is 12.1. The molecule has 3 heterocycles. The van der Waals surface area contributed by atoms with Crippen LogP contribution in [0.15, 0.2) is 48.8 Å². The SMILES string of the molecule is COc1ncccc1C(=O)Nc1cc(C#N)cnc1N1CCC(Oc2ccc(F)cc2F)CC1. The molecular formula is C24H21F2N5O3. The van der Waals surface area contributed by atoms with Crippen LogP contribution < -0.4 is 19.7 Å². The normalized spacial score (nSPS) is 13.8. The summed E-state index contributed by atoms with van der Waals surface area (Å²) in [6.07, 6.45) is 3.81. The highest BCUT2D eigenvalue weighted by Crippen LogP contribution is 2.30. The van der Waals surface area contributed by atoms with Crippen molar-refractivity contribution in [2.75, 3.05) is 30.4 Å². The highest BCUT2D eigenvalue weighted by atomic mass is 19.1. The summed E-state index contributed by atoms with van der Waals surface area (Å²) >= 11 is 0. The molecule has 1 aromatic carbocycles. The minimum absolute atomic E-state index is 0.00900. The summed E-state index contributed by atoms with van der Waals surface area (Å²) in [7, 11) is 1.42. The number of aromatic nitrogens is 2. The minimum Gasteiger partial charge on any atom is -0.487 e. The Morgan fingerprint density at radius 3 is 2.71 bits per heavy atom. The van der Waals surface area contributed by atoms with E-state index in [2.05, 4.69) is 15.3 Å². The van der Waals surface area contributed by atoms with E-state index in [9.17, 15) is 18.8 Å². The molecule has 0 radical (unpaired) electrons. The van der Waals surface area contributed by atoms with Gasteiger partial charge in [-0.1, -0.05) is 0 Å². The highest BCUT2D eigenvalue weighted by Gasteiger charge is 2.25. The number of nitrogens with zero attached hydrogens (tertiary/aromatic N) is 4. The van der Waals surface area contributed by atoms with Crippen molar-refractivity contribution in [3.8, 4) is 17.7 Å². The number of nitriles is 1. The fraction of sp³-hybridized carbons (Fsp3) is 0.250. The molecule has 1 fully saturated rings. The van der Waals surface area contributed by atoms with Gasteiger partial charge in [-0.3, -0.25) is 4.79 Å². The number of anilines is 2. The van der Waals surface area contributed by atoms with Crippen LogP contribution in [0.25, 0.3) is 0 Å². The standard InChI is InChI=1S/C24H21F2N5O3/c1-33-24-18(3-2-8-28-24)23(32)30-20-11-15(13-27)14-29-22(20)31-9-6-17(7-10-31)34-21-5-4-16(25)12-19(21)26/h2-5,8,11-12,14,17H,6-7,9-10H2,1H3,(H,30,32). The number of hydrogen-bond acceptors (Lipinski definition) is 7. The van der Waals surface area contributed by atoms with Crippen LogP contribution in [0.5, 0.6) is 11.6 Å². The summed E-state index contributed by atoms with van der Waals surface area (Å²) < 4.78 is 37.9. The molecule has 0 atom stereocenters. The average Bonchev–Trinajstić information content (AvgIpc) is 2.86. The van der Waals surface area contributed by atoms with Crippen LogP contribution in [0.1, 0.15) is 28.8 Å². The number of carbonyl (C=O) groups excluding carboxylic acids is 1. The summed E-state index contributed by atoms with van der Waals surface area (Å²) in [6.45, 7) is 1.04. The fourth-order valence-corrected chi connectivity index (χ4v) is 3.71. The minimum atomic E-state index is -0.744. The lowest BCUT2D eigenvalue weighted by Crippen LogP contribution is -2.39. The van der Waals surface area contributed by atoms with Gasteiger partial charge in [0.05, 0.1) is 18.4 Å². The summed E-state index contributed by atoms with van der Waals surface area (Å²) in [5.74, 6) is -1.17. The number of ether oxygens (including phenoxy) is 2. The van der Waals surface area contributed by atoms with Crippen LogP contribution in [0.4, 0.5) is 20.3 Å². The van der Waals surface area contributed by atoms with Gasteiger partial charge in [-0.25, -0.2) is 18.7 Å². The van der Waals surface area contributed by atoms with E-state index in [1.165, 1.54) is 25.6 Å². The topological polar surface area (TPSA) is 100 Å². The maximum Gasteiger partial charge on any atom is 0.261 e. The first kappa shape index (κ1) is 22.9. The second kappa shape index (κ2) is 10.1. The van der Waals surface area contributed by atoms with Crippen LogP contribution in [0.2, 0.25) is 0 Å². The van der Waals surface area contributed by atoms with Crippen LogP contribution in [0, 0.1) is 23.0 Å². The van der Waals surface area contributed by atoms with Gasteiger partial charge in [0.2, 0.25) is 5.88 Å². The molecule has 8 nitrogen and oxygen atoms in total. The van der Waals surface area contributed by atoms with Gasteiger partial charge in [-0.15, -0.1) is 0 Å². The van der Waals surface area contributed by atoms with Crippen LogP contribution >= 0.6 is 0 Å². The molecule has 0 saturated carbocycles. The fourth-order valence-electron chi connectivity index (χ4n) is 3.71. The average molecular weight is 465 g/mol. The zero-order valence-corrected chi connectivity index (χ0v) is 18.3. The number of hydrogen-bond donors (Lipinski definition) is 1. The van der Waals surface area contributed by atoms with Crippen LogP contribution in [-0.2, 0) is 0 Å². The Labute approximate surface area is 194 Å². The largest absolute Gasteiger partial charge is 0.487 e. The van der Waals surface area contributed by atoms with Crippen molar-refractivity contribution in [3.05, 3.63) is 71.6 Å². The lowest BCUT2D eigenvalue weighted by atomic mass is 10.1. The quantitative estimate of drug-likeness (QED) is 0.589. The Bertz CT molecular complexity index is 1240. The summed E-state index contributed by atoms with van der Waals surface area (Å²) in [5.41, 5.74) is 0.910. The number of pyridine rings is 2. The smallest absolute Gasteiger partial charge is 0.261 e. The molecule has 0 spiro atoms. The van der Waals surface area contributed by atoms with Gasteiger partial charge < -0.3 is 19.7 Å². The number of amides is 1. The molecule has 0 bridgehead atoms. The first-order valence-electron chi connectivity index (χ1n) is 10.6. The zero-order valence-electron chi connectivity index (χ0n) is 18.3. The van der Waals surface area contributed by atoms with E-state index < -0.39 is 17.5 Å². The van der Waals surface area contributed by atoms with Crippen molar-refractivity contribution in [3.63, 3.8) is 0 Å². The van der Waals surface area contributed by atoms with Gasteiger partial charge in [0.25, 0.3) is 5.91 Å². The predicted molar refractivity (Wildman–Crippen MR) is 120 cm³/mol. The van der Waals surface area contributed by atoms with Crippen molar-refractivity contribution in [2.24, 2.45) is 0 Å². The van der Waals surface area contributed by atoms with Gasteiger partial charge in [-0.05, 0) is 30.3 Å². The first-order chi connectivity index (χ1) is 16.5. The molecule has 1 aliphatic heterocycles. The third-order valence-electron chi connectivity index (χ3n) is 5.38. The van der Waals surface area contributed by atoms with Gasteiger partial charge in [0, 0.05) is 44.4 Å². The Morgan fingerprint density at radius 2 is 2.00 bits per heavy atom. The molecule has 0 unspecified atom stereocenters. The first-order valence-corrected chi connectivity index (χ1v) is 10.6. The van der Waals surface area contributed by atoms with Gasteiger partial charge >= 0.3 is 0 Å². The van der Waals surface area contributed by atoms with E-state index >= 15 is 0 Å². The van der Waals surface area contributed by atoms with Crippen molar-refractivity contribution < 1.29 is 23.0 Å². The van der Waals surface area contributed by atoms with E-state index in [-0.39, 0.29) is 23.3 Å². The van der Waals surface area contributed by atoms with Crippen molar-refractivity contribution >= 4 is 17.4 Å². The molecule has 3 aromatic rings. The maximum absolute atomic E-state index is 13.9. The number of nitrogens with one attached hydrogen (secondary N) is 1. The van der Waals surface area contributed by atoms with E-state index in [1.54, 1.807) is 18.2 Å². The van der Waals surface area contributed by atoms with E-state index in [4.69, 9.17) is 9.47 Å². The summed E-state index contributed by atoms with van der Waals surface area (Å²) in [6, 6.07) is 10.0. The number of carbonyl (C=O) groups is 1. The zero-order chi connectivity index (χ0) is 24.1. The Morgan fingerprint density at radius 1 is 1.21 bits per heavy atom. The molecule has 4 rings (SSSR count). The Kier molecular flexibility index (Phi) is 6.82. The summed E-state index contributed by atoms with van der Waals surface area (Å²) in [4.78, 5) is 23.3. The lowest BCUT2D eigenvalue weighted by molar-refractivity contribution is 0.102. The maximum atomic E-state index is 13.9. The third-order valence-corrected chi connectivity index (χ3v) is 5.38. The molecule has 0 aliphatic carbocycles. The third kappa shape index (κ3) is 5.04. The predicted octanol–water partition coefficient (Wildman–Crippen LogP) is 3.94. The Balaban J connectivity index is 1.49. The monoisotopic (exact) mass is 465 g/mol. The van der Waals surface area contributed by atoms with E-state index in [0.29, 0.717) is 43.0 Å². The van der Waals surface area contributed by atoms with Crippen molar-refractivity contribution in [1.82, 2.24) is 9.97 Å². The highest BCUT2D eigenvalue weighted by molar-refractivity contribution is 6.07. The van der Waals surface area contributed by atoms with Crippen molar-refractivity contribution in [1.29, 1.82) is 5.26 Å². The lowest BCUT2D eigenvalue weighted by Gasteiger charge is -2.34. The molecule has 1 amide bonds.